The second-order valence-electron chi connectivity index (χ2n) is 5.99. The molecular formula is C18H18N4O2S. The average molecular weight is 354 g/mol. The number of hydrogen-bond donors (Lipinski definition) is 2. The number of aromatic nitrogens is 2. The van der Waals surface area contributed by atoms with Gasteiger partial charge in [-0.05, 0) is 48.8 Å². The Kier molecular flexibility index (Phi) is 4.76. The summed E-state index contributed by atoms with van der Waals surface area (Å²) in [6, 6.07) is 7.12. The second-order valence-corrected chi connectivity index (χ2v) is 6.40. The molecule has 2 unspecified atom stereocenters. The van der Waals surface area contributed by atoms with Crippen LogP contribution in [0.15, 0.2) is 30.6 Å². The average Bonchev–Trinajstić information content (AvgIpc) is 3.30. The van der Waals surface area contributed by atoms with Crippen molar-refractivity contribution in [2.45, 2.75) is 13.3 Å². The summed E-state index contributed by atoms with van der Waals surface area (Å²) in [6.45, 7) is 9.65. The van der Waals surface area contributed by atoms with Crippen LogP contribution in [0.1, 0.15) is 13.3 Å². The van der Waals surface area contributed by atoms with E-state index in [1.165, 1.54) is 6.33 Å². The first-order chi connectivity index (χ1) is 11.9. The topological polar surface area (TPSA) is 76.1 Å². The van der Waals surface area contributed by atoms with E-state index in [0.29, 0.717) is 28.1 Å². The Hall–Kier alpha value is -2.80. The van der Waals surface area contributed by atoms with Crippen molar-refractivity contribution >= 4 is 42.1 Å². The fourth-order valence-electron chi connectivity index (χ4n) is 2.29. The second kappa shape index (κ2) is 6.98. The van der Waals surface area contributed by atoms with Gasteiger partial charge in [-0.15, -0.1) is 0 Å². The largest absolute Gasteiger partial charge is 0.438 e. The number of hydrogen-bond acceptors (Lipinski definition) is 5. The maximum Gasteiger partial charge on any atom is 0.229 e. The first kappa shape index (κ1) is 17.0. The lowest BCUT2D eigenvalue weighted by atomic mass is 10.3. The Bertz CT molecular complexity index is 914. The minimum absolute atomic E-state index is 0.0272. The highest BCUT2D eigenvalue weighted by molar-refractivity contribution is 7.80. The van der Waals surface area contributed by atoms with Gasteiger partial charge in [-0.3, -0.25) is 4.79 Å². The van der Waals surface area contributed by atoms with E-state index in [1.54, 1.807) is 24.3 Å². The summed E-state index contributed by atoms with van der Waals surface area (Å²) in [5.41, 5.74) is 0.747. The lowest BCUT2D eigenvalue weighted by molar-refractivity contribution is -0.121. The van der Waals surface area contributed by atoms with Gasteiger partial charge in [-0.1, -0.05) is 20.1 Å². The number of anilines is 1. The molecule has 1 saturated carbocycles. The molecule has 1 aliphatic carbocycles. The Balaban J connectivity index is 1.59. The van der Waals surface area contributed by atoms with E-state index in [1.807, 2.05) is 6.92 Å². The van der Waals surface area contributed by atoms with Crippen LogP contribution in [0.5, 0.6) is 11.6 Å². The van der Waals surface area contributed by atoms with Crippen LogP contribution in [0.25, 0.3) is 13.2 Å². The van der Waals surface area contributed by atoms with Crippen molar-refractivity contribution in [1.82, 2.24) is 15.3 Å². The van der Waals surface area contributed by atoms with Gasteiger partial charge < -0.3 is 15.4 Å². The minimum atomic E-state index is -0.0272. The van der Waals surface area contributed by atoms with Gasteiger partial charge in [0.15, 0.2) is 5.11 Å². The number of thiocarbonyl (C=S) groups is 1. The van der Waals surface area contributed by atoms with Crippen molar-refractivity contribution in [1.29, 1.82) is 0 Å². The monoisotopic (exact) mass is 354 g/mol. The SMILES string of the molecule is C=c1ncnc(Oc2ccc(NC(=S)NC(=O)C3CC3C)cc2)c1=C. The van der Waals surface area contributed by atoms with Crippen LogP contribution in [0.3, 0.4) is 0 Å². The van der Waals surface area contributed by atoms with Crippen molar-refractivity contribution in [3.05, 3.63) is 41.2 Å². The van der Waals surface area contributed by atoms with Gasteiger partial charge in [0.1, 0.15) is 12.1 Å². The molecule has 25 heavy (non-hydrogen) atoms. The quantitative estimate of drug-likeness (QED) is 0.812. The number of amides is 1. The molecule has 1 amide bonds. The first-order valence-electron chi connectivity index (χ1n) is 7.82. The normalized spacial score (nSPS) is 18.3. The molecule has 0 spiro atoms. The van der Waals surface area contributed by atoms with Crippen LogP contribution in [-0.4, -0.2) is 21.0 Å². The van der Waals surface area contributed by atoms with Crippen molar-refractivity contribution in [2.75, 3.05) is 5.32 Å². The van der Waals surface area contributed by atoms with Gasteiger partial charge in [0.2, 0.25) is 11.8 Å². The molecule has 1 aromatic heterocycles. The first-order valence-corrected chi connectivity index (χ1v) is 8.23. The summed E-state index contributed by atoms with van der Waals surface area (Å²) in [6.07, 6.45) is 2.30. The fourth-order valence-corrected chi connectivity index (χ4v) is 2.51. The zero-order chi connectivity index (χ0) is 18.0. The Morgan fingerprint density at radius 2 is 1.96 bits per heavy atom. The summed E-state index contributed by atoms with van der Waals surface area (Å²) in [5, 5.41) is 7.04. The van der Waals surface area contributed by atoms with E-state index >= 15 is 0 Å². The number of rotatable bonds is 4. The van der Waals surface area contributed by atoms with Crippen molar-refractivity contribution < 1.29 is 9.53 Å². The van der Waals surface area contributed by atoms with Gasteiger partial charge in [-0.2, -0.15) is 0 Å². The summed E-state index contributed by atoms with van der Waals surface area (Å²) in [4.78, 5) is 19.8. The highest BCUT2D eigenvalue weighted by Crippen LogP contribution is 2.37. The molecule has 2 atom stereocenters. The number of nitrogens with zero attached hydrogens (tertiary/aromatic N) is 2. The molecule has 128 valence electrons. The van der Waals surface area contributed by atoms with Gasteiger partial charge in [0.25, 0.3) is 0 Å². The van der Waals surface area contributed by atoms with E-state index in [2.05, 4.69) is 33.8 Å². The zero-order valence-electron chi connectivity index (χ0n) is 13.8. The lowest BCUT2D eigenvalue weighted by Gasteiger charge is -2.10. The number of nitrogens with one attached hydrogen (secondary N) is 2. The van der Waals surface area contributed by atoms with Crippen LogP contribution >= 0.6 is 12.2 Å². The molecule has 6 nitrogen and oxygen atoms in total. The zero-order valence-corrected chi connectivity index (χ0v) is 14.6. The molecule has 2 aromatic rings. The molecule has 1 heterocycles. The third-order valence-electron chi connectivity index (χ3n) is 4.00. The summed E-state index contributed by atoms with van der Waals surface area (Å²) >= 11 is 5.16. The summed E-state index contributed by atoms with van der Waals surface area (Å²) in [5.74, 6) is 1.45. The predicted molar refractivity (Wildman–Crippen MR) is 100 cm³/mol. The minimum Gasteiger partial charge on any atom is -0.438 e. The van der Waals surface area contributed by atoms with Crippen LogP contribution in [0, 0.1) is 11.8 Å². The van der Waals surface area contributed by atoms with Gasteiger partial charge in [0.05, 0.1) is 10.6 Å². The molecule has 2 N–H and O–H groups in total. The van der Waals surface area contributed by atoms with Crippen molar-refractivity contribution in [3.8, 4) is 11.6 Å². The molecule has 3 rings (SSSR count). The molecular weight excluding hydrogens is 336 g/mol. The van der Waals surface area contributed by atoms with Crippen LogP contribution < -0.4 is 25.9 Å². The molecule has 1 fully saturated rings. The Morgan fingerprint density at radius 3 is 2.60 bits per heavy atom. The number of carbonyl (C=O) groups excluding carboxylic acids is 1. The molecule has 1 aromatic carbocycles. The van der Waals surface area contributed by atoms with E-state index in [0.717, 1.165) is 12.1 Å². The highest BCUT2D eigenvalue weighted by Gasteiger charge is 2.39. The van der Waals surface area contributed by atoms with Crippen LogP contribution in [0.2, 0.25) is 0 Å². The van der Waals surface area contributed by atoms with Crippen molar-refractivity contribution in [2.24, 2.45) is 11.8 Å². The molecule has 1 aliphatic rings. The van der Waals surface area contributed by atoms with Crippen LogP contribution in [-0.2, 0) is 4.79 Å². The molecule has 0 radical (unpaired) electrons. The third-order valence-corrected chi connectivity index (χ3v) is 4.21. The Labute approximate surface area is 150 Å². The van der Waals surface area contributed by atoms with Gasteiger partial charge in [0, 0.05) is 11.6 Å². The summed E-state index contributed by atoms with van der Waals surface area (Å²) in [7, 11) is 0. The maximum atomic E-state index is 11.9. The van der Waals surface area contributed by atoms with E-state index < -0.39 is 0 Å². The van der Waals surface area contributed by atoms with E-state index in [-0.39, 0.29) is 16.9 Å². The van der Waals surface area contributed by atoms with E-state index in [4.69, 9.17) is 17.0 Å². The predicted octanol–water partition coefficient (Wildman–Crippen LogP) is 1.56. The smallest absolute Gasteiger partial charge is 0.229 e. The molecule has 7 heteroatoms. The fraction of sp³-hybridized carbons (Fsp3) is 0.222. The Morgan fingerprint density at radius 1 is 1.28 bits per heavy atom. The van der Waals surface area contributed by atoms with Crippen molar-refractivity contribution in [3.63, 3.8) is 0 Å². The number of benzene rings is 1. The maximum absolute atomic E-state index is 11.9. The third kappa shape index (κ3) is 4.19. The van der Waals surface area contributed by atoms with Gasteiger partial charge in [-0.25, -0.2) is 9.97 Å². The molecule has 0 bridgehead atoms. The number of carbonyl (C=O) groups is 1. The highest BCUT2D eigenvalue weighted by atomic mass is 32.1. The molecule has 0 saturated heterocycles. The van der Waals surface area contributed by atoms with Crippen LogP contribution in [0.4, 0.5) is 5.69 Å². The number of ether oxygens (including phenoxy) is 1. The lowest BCUT2D eigenvalue weighted by Crippen LogP contribution is -2.35. The molecule has 0 aliphatic heterocycles. The summed E-state index contributed by atoms with van der Waals surface area (Å²) < 4.78 is 5.68. The van der Waals surface area contributed by atoms with Gasteiger partial charge >= 0.3 is 0 Å². The van der Waals surface area contributed by atoms with E-state index in [9.17, 15) is 4.79 Å². The standard InChI is InChI=1S/C18H18N4O2S/c1-10-8-15(10)16(23)22-18(25)21-13-4-6-14(7-5-13)24-17-11(2)12(3)19-9-20-17/h4-7,9-10,15H,2-3,8H2,1H3,(H2,21,22,23,25).